The van der Waals surface area contributed by atoms with E-state index in [9.17, 15) is 14.4 Å². The molecule has 26 heavy (non-hydrogen) atoms. The molecule has 1 saturated heterocycles. The van der Waals surface area contributed by atoms with Crippen LogP contribution in [0.5, 0.6) is 0 Å². The van der Waals surface area contributed by atoms with Gasteiger partial charge in [0.1, 0.15) is 5.60 Å². The van der Waals surface area contributed by atoms with Crippen molar-refractivity contribution in [3.63, 3.8) is 0 Å². The first kappa shape index (κ1) is 18.0. The molecule has 0 radical (unpaired) electrons. The first-order valence-electron chi connectivity index (χ1n) is 8.50. The second-order valence-corrected chi connectivity index (χ2v) is 7.39. The quantitative estimate of drug-likeness (QED) is 0.829. The second-order valence-electron chi connectivity index (χ2n) is 7.39. The van der Waals surface area contributed by atoms with Gasteiger partial charge in [-0.3, -0.25) is 4.57 Å². The number of aromatic amines is 1. The molecule has 3 rings (SSSR count). The molecule has 1 aromatic heterocycles. The van der Waals surface area contributed by atoms with E-state index in [1.54, 1.807) is 27.7 Å². The highest BCUT2D eigenvalue weighted by Gasteiger charge is 2.32. The molecule has 1 amide bonds. The summed E-state index contributed by atoms with van der Waals surface area (Å²) < 4.78 is 11.8. The SMILES string of the molecule is COC(=O)c1ccc2[nH]c(=O)n([C@H]3CCN(C(=O)OC(C)(C)C)C3)c2c1. The Balaban J connectivity index is 1.89. The number of amides is 1. The summed E-state index contributed by atoms with van der Waals surface area (Å²) in [4.78, 5) is 40.9. The zero-order valence-corrected chi connectivity index (χ0v) is 15.4. The third-order valence-corrected chi connectivity index (χ3v) is 4.32. The Kier molecular flexibility index (Phi) is 4.52. The minimum absolute atomic E-state index is 0.184. The summed E-state index contributed by atoms with van der Waals surface area (Å²) in [5.41, 5.74) is 0.794. The van der Waals surface area contributed by atoms with Crippen molar-refractivity contribution in [1.29, 1.82) is 0 Å². The lowest BCUT2D eigenvalue weighted by molar-refractivity contribution is 0.0289. The maximum Gasteiger partial charge on any atom is 0.410 e. The predicted octanol–water partition coefficient (Wildman–Crippen LogP) is 2.30. The van der Waals surface area contributed by atoms with Crippen LogP contribution in [0.2, 0.25) is 0 Å². The number of likely N-dealkylation sites (tertiary alicyclic amines) is 1. The molecule has 0 unspecified atom stereocenters. The third kappa shape index (κ3) is 3.44. The number of rotatable bonds is 2. The number of imidazole rings is 1. The Labute approximate surface area is 150 Å². The summed E-state index contributed by atoms with van der Waals surface area (Å²) in [5, 5.41) is 0. The van der Waals surface area contributed by atoms with Crippen LogP contribution in [0.4, 0.5) is 4.79 Å². The van der Waals surface area contributed by atoms with Crippen LogP contribution in [0.25, 0.3) is 11.0 Å². The number of nitrogens with zero attached hydrogens (tertiary/aromatic N) is 2. The van der Waals surface area contributed by atoms with Gasteiger partial charge in [-0.25, -0.2) is 14.4 Å². The summed E-state index contributed by atoms with van der Waals surface area (Å²) in [5.74, 6) is -0.464. The summed E-state index contributed by atoms with van der Waals surface area (Å²) in [6.07, 6.45) is 0.248. The molecule has 140 valence electrons. The number of hydrogen-bond donors (Lipinski definition) is 1. The van der Waals surface area contributed by atoms with E-state index < -0.39 is 11.6 Å². The summed E-state index contributed by atoms with van der Waals surface area (Å²) in [6, 6.07) is 4.74. The average molecular weight is 361 g/mol. The van der Waals surface area contributed by atoms with E-state index in [-0.39, 0.29) is 17.8 Å². The molecule has 8 heteroatoms. The Morgan fingerprint density at radius 2 is 2.00 bits per heavy atom. The van der Waals surface area contributed by atoms with Crippen LogP contribution in [0.15, 0.2) is 23.0 Å². The Morgan fingerprint density at radius 3 is 2.65 bits per heavy atom. The molecule has 1 atom stereocenters. The van der Waals surface area contributed by atoms with Crippen LogP contribution < -0.4 is 5.69 Å². The van der Waals surface area contributed by atoms with Crippen molar-refractivity contribution in [1.82, 2.24) is 14.5 Å². The molecule has 1 aliphatic heterocycles. The zero-order valence-electron chi connectivity index (χ0n) is 15.4. The topological polar surface area (TPSA) is 93.6 Å². The van der Waals surface area contributed by atoms with Gasteiger partial charge in [-0.2, -0.15) is 0 Å². The molecule has 2 aromatic rings. The first-order chi connectivity index (χ1) is 12.2. The maximum atomic E-state index is 12.4. The van der Waals surface area contributed by atoms with Crippen molar-refractivity contribution in [2.75, 3.05) is 20.2 Å². The molecular weight excluding hydrogens is 338 g/mol. The molecular formula is C18H23N3O5. The number of nitrogens with one attached hydrogen (secondary N) is 1. The van der Waals surface area contributed by atoms with E-state index in [4.69, 9.17) is 9.47 Å². The number of benzene rings is 1. The fraction of sp³-hybridized carbons (Fsp3) is 0.500. The van der Waals surface area contributed by atoms with Crippen molar-refractivity contribution in [2.24, 2.45) is 0 Å². The molecule has 1 aliphatic rings. The molecule has 0 spiro atoms. The largest absolute Gasteiger partial charge is 0.465 e. The molecule has 0 aliphatic carbocycles. The van der Waals surface area contributed by atoms with Gasteiger partial charge in [-0.05, 0) is 45.4 Å². The lowest BCUT2D eigenvalue weighted by Gasteiger charge is -2.24. The van der Waals surface area contributed by atoms with Gasteiger partial charge >= 0.3 is 17.8 Å². The minimum Gasteiger partial charge on any atom is -0.465 e. The number of H-pyrrole nitrogens is 1. The van der Waals surface area contributed by atoms with Crippen molar-refractivity contribution in [2.45, 2.75) is 38.8 Å². The number of hydrogen-bond acceptors (Lipinski definition) is 5. The molecule has 8 nitrogen and oxygen atoms in total. The molecule has 0 saturated carbocycles. The standard InChI is InChI=1S/C18H23N3O5/c1-18(2,3)26-17(24)20-8-7-12(10-20)21-14-9-11(15(22)25-4)5-6-13(14)19-16(21)23/h5-6,9,12H,7-8,10H2,1-4H3,(H,19,23)/t12-/m0/s1. The highest BCUT2D eigenvalue weighted by Crippen LogP contribution is 2.26. The summed E-state index contributed by atoms with van der Waals surface area (Å²) in [7, 11) is 1.31. The van der Waals surface area contributed by atoms with Gasteiger partial charge in [-0.15, -0.1) is 0 Å². The van der Waals surface area contributed by atoms with Gasteiger partial charge in [0.2, 0.25) is 0 Å². The van der Waals surface area contributed by atoms with Crippen LogP contribution in [0.3, 0.4) is 0 Å². The predicted molar refractivity (Wildman–Crippen MR) is 95.4 cm³/mol. The normalized spacial score (nSPS) is 17.5. The fourth-order valence-electron chi connectivity index (χ4n) is 3.17. The Hall–Kier alpha value is -2.77. The summed E-state index contributed by atoms with van der Waals surface area (Å²) in [6.45, 7) is 6.34. The van der Waals surface area contributed by atoms with Crippen molar-refractivity contribution in [3.05, 3.63) is 34.2 Å². The number of methoxy groups -OCH3 is 1. The van der Waals surface area contributed by atoms with Crippen LogP contribution in [-0.4, -0.2) is 52.3 Å². The number of carbonyl (C=O) groups excluding carboxylic acids is 2. The lowest BCUT2D eigenvalue weighted by Crippen LogP contribution is -2.36. The molecule has 1 aromatic carbocycles. The number of carbonyl (C=O) groups is 2. The van der Waals surface area contributed by atoms with Crippen molar-refractivity contribution >= 4 is 23.1 Å². The van der Waals surface area contributed by atoms with Gasteiger partial charge in [0.15, 0.2) is 0 Å². The number of fused-ring (bicyclic) bond motifs is 1. The summed E-state index contributed by atoms with van der Waals surface area (Å²) >= 11 is 0. The van der Waals surface area contributed by atoms with E-state index in [1.807, 2.05) is 20.8 Å². The van der Waals surface area contributed by atoms with E-state index >= 15 is 0 Å². The molecule has 2 heterocycles. The average Bonchev–Trinajstić information content (AvgIpc) is 3.15. The van der Waals surface area contributed by atoms with Crippen LogP contribution in [-0.2, 0) is 9.47 Å². The number of ether oxygens (including phenoxy) is 2. The minimum atomic E-state index is -0.567. The maximum absolute atomic E-state index is 12.4. The second kappa shape index (κ2) is 6.51. The molecule has 1 N–H and O–H groups in total. The molecule has 1 fully saturated rings. The third-order valence-electron chi connectivity index (χ3n) is 4.32. The zero-order chi connectivity index (χ0) is 19.1. The smallest absolute Gasteiger partial charge is 0.410 e. The van der Waals surface area contributed by atoms with E-state index in [0.717, 1.165) is 0 Å². The van der Waals surface area contributed by atoms with Gasteiger partial charge in [0, 0.05) is 13.1 Å². The van der Waals surface area contributed by atoms with Crippen molar-refractivity contribution in [3.8, 4) is 0 Å². The monoisotopic (exact) mass is 361 g/mol. The van der Waals surface area contributed by atoms with Gasteiger partial charge in [0.25, 0.3) is 0 Å². The first-order valence-corrected chi connectivity index (χ1v) is 8.50. The fourth-order valence-corrected chi connectivity index (χ4v) is 3.17. The van der Waals surface area contributed by atoms with Gasteiger partial charge in [0.05, 0.1) is 29.7 Å². The van der Waals surface area contributed by atoms with E-state index in [1.165, 1.54) is 7.11 Å². The number of esters is 1. The van der Waals surface area contributed by atoms with E-state index in [0.29, 0.717) is 36.1 Å². The van der Waals surface area contributed by atoms with Crippen LogP contribution >= 0.6 is 0 Å². The van der Waals surface area contributed by atoms with Gasteiger partial charge in [-0.1, -0.05) is 0 Å². The Bertz CT molecular complexity index is 906. The highest BCUT2D eigenvalue weighted by atomic mass is 16.6. The van der Waals surface area contributed by atoms with E-state index in [2.05, 4.69) is 4.98 Å². The highest BCUT2D eigenvalue weighted by molar-refractivity contribution is 5.93. The van der Waals surface area contributed by atoms with Crippen LogP contribution in [0, 0.1) is 0 Å². The van der Waals surface area contributed by atoms with Crippen molar-refractivity contribution < 1.29 is 19.1 Å². The Morgan fingerprint density at radius 1 is 1.27 bits per heavy atom. The molecule has 0 bridgehead atoms. The number of aromatic nitrogens is 2. The van der Waals surface area contributed by atoms with Crippen LogP contribution in [0.1, 0.15) is 43.6 Å². The van der Waals surface area contributed by atoms with Gasteiger partial charge < -0.3 is 19.4 Å². The lowest BCUT2D eigenvalue weighted by atomic mass is 10.2.